The van der Waals surface area contributed by atoms with Crippen LogP contribution in [-0.2, 0) is 4.79 Å². The van der Waals surface area contributed by atoms with Gasteiger partial charge in [0.1, 0.15) is 5.75 Å². The van der Waals surface area contributed by atoms with E-state index >= 15 is 0 Å². The van der Waals surface area contributed by atoms with E-state index in [9.17, 15) is 4.79 Å². The zero-order valence-corrected chi connectivity index (χ0v) is 16.0. The first kappa shape index (κ1) is 20.3. The molecule has 0 bridgehead atoms. The summed E-state index contributed by atoms with van der Waals surface area (Å²) in [6.45, 7) is 5.40. The molecule has 1 aliphatic heterocycles. The van der Waals surface area contributed by atoms with Crippen LogP contribution in [0.4, 0.5) is 0 Å². The van der Waals surface area contributed by atoms with Crippen molar-refractivity contribution in [1.82, 2.24) is 10.2 Å². The number of para-hydroxylation sites is 1. The van der Waals surface area contributed by atoms with Gasteiger partial charge in [0.15, 0.2) is 0 Å². The predicted molar refractivity (Wildman–Crippen MR) is 99.4 cm³/mol. The molecular weight excluding hydrogens is 380 g/mol. The smallest absolute Gasteiger partial charge is 0.226 e. The van der Waals surface area contributed by atoms with Gasteiger partial charge < -0.3 is 15.0 Å². The summed E-state index contributed by atoms with van der Waals surface area (Å²) in [6.07, 6.45) is 3.54. The lowest BCUT2D eigenvalue weighted by Crippen LogP contribution is -2.46. The monoisotopic (exact) mass is 404 g/mol. The maximum atomic E-state index is 12.5. The average molecular weight is 406 g/mol. The zero-order valence-electron chi connectivity index (χ0n) is 13.6. The molecule has 0 radical (unpaired) electrons. The van der Waals surface area contributed by atoms with Gasteiger partial charge in [-0.05, 0) is 60.4 Å². The fourth-order valence-corrected chi connectivity index (χ4v) is 3.22. The van der Waals surface area contributed by atoms with Gasteiger partial charge in [-0.1, -0.05) is 19.1 Å². The van der Waals surface area contributed by atoms with Crippen molar-refractivity contribution >= 4 is 34.2 Å². The molecule has 1 N–H and O–H groups in total. The first-order chi connectivity index (χ1) is 10.7. The van der Waals surface area contributed by atoms with Crippen LogP contribution in [0.3, 0.4) is 0 Å². The van der Waals surface area contributed by atoms with Crippen LogP contribution < -0.4 is 10.1 Å². The highest BCUT2D eigenvalue weighted by Gasteiger charge is 2.24. The van der Waals surface area contributed by atoms with E-state index < -0.39 is 0 Å². The van der Waals surface area contributed by atoms with Gasteiger partial charge in [0.25, 0.3) is 0 Å². The number of ether oxygens (including phenoxy) is 1. The van der Waals surface area contributed by atoms with Gasteiger partial charge in [-0.2, -0.15) is 0 Å². The Morgan fingerprint density at radius 1 is 1.35 bits per heavy atom. The maximum absolute atomic E-state index is 12.5. The summed E-state index contributed by atoms with van der Waals surface area (Å²) in [5.41, 5.74) is 0. The molecule has 1 aromatic rings. The predicted octanol–water partition coefficient (Wildman–Crippen LogP) is 3.63. The molecule has 0 spiro atoms. The lowest BCUT2D eigenvalue weighted by molar-refractivity contribution is -0.134. The molecule has 130 valence electrons. The van der Waals surface area contributed by atoms with Crippen LogP contribution in [0.2, 0.25) is 0 Å². The van der Waals surface area contributed by atoms with E-state index in [1.165, 1.54) is 0 Å². The van der Waals surface area contributed by atoms with Crippen LogP contribution in [0.25, 0.3) is 0 Å². The van der Waals surface area contributed by atoms with Gasteiger partial charge in [0, 0.05) is 12.6 Å². The Hall–Kier alpha value is -0.780. The molecule has 1 aromatic carbocycles. The third-order valence-electron chi connectivity index (χ3n) is 3.94. The summed E-state index contributed by atoms with van der Waals surface area (Å²) < 4.78 is 6.64. The fraction of sp³-hybridized carbons (Fsp3) is 0.588. The standard InChI is InChI=1S/C17H25BrN2O2.ClH/c1-2-12-20(14-7-10-19-11-8-14)17(21)9-13-22-16-6-4-3-5-15(16)18;/h3-6,14,19H,2,7-13H2,1H3;1H. The van der Waals surface area contributed by atoms with Crippen molar-refractivity contribution in [3.63, 3.8) is 0 Å². The van der Waals surface area contributed by atoms with Crippen LogP contribution >= 0.6 is 28.3 Å². The molecule has 1 fully saturated rings. The van der Waals surface area contributed by atoms with E-state index in [0.717, 1.165) is 49.1 Å². The van der Waals surface area contributed by atoms with Crippen LogP contribution in [0.5, 0.6) is 5.75 Å². The number of carbonyl (C=O) groups excluding carboxylic acids is 1. The minimum absolute atomic E-state index is 0. The van der Waals surface area contributed by atoms with Crippen molar-refractivity contribution in [1.29, 1.82) is 0 Å². The van der Waals surface area contributed by atoms with Crippen LogP contribution in [0.15, 0.2) is 28.7 Å². The lowest BCUT2D eigenvalue weighted by atomic mass is 10.0. The second-order valence-corrected chi connectivity index (χ2v) is 6.45. The van der Waals surface area contributed by atoms with Crippen LogP contribution in [0.1, 0.15) is 32.6 Å². The van der Waals surface area contributed by atoms with Gasteiger partial charge in [-0.3, -0.25) is 4.79 Å². The van der Waals surface area contributed by atoms with Crippen molar-refractivity contribution in [2.75, 3.05) is 26.2 Å². The van der Waals surface area contributed by atoms with E-state index in [1.54, 1.807) is 0 Å². The molecule has 0 aromatic heterocycles. The number of benzene rings is 1. The number of nitrogens with zero attached hydrogens (tertiary/aromatic N) is 1. The summed E-state index contributed by atoms with van der Waals surface area (Å²) in [5.74, 6) is 1.00. The number of halogens is 2. The van der Waals surface area contributed by atoms with E-state index in [4.69, 9.17) is 4.74 Å². The first-order valence-corrected chi connectivity index (χ1v) is 8.89. The third kappa shape index (κ3) is 6.32. The molecule has 1 heterocycles. The number of piperidine rings is 1. The van der Waals surface area contributed by atoms with Gasteiger partial charge in [0.05, 0.1) is 17.5 Å². The fourth-order valence-electron chi connectivity index (χ4n) is 2.82. The van der Waals surface area contributed by atoms with Gasteiger partial charge >= 0.3 is 0 Å². The van der Waals surface area contributed by atoms with Crippen molar-refractivity contribution in [2.45, 2.75) is 38.6 Å². The quantitative estimate of drug-likeness (QED) is 0.753. The Kier molecular flexibility index (Phi) is 9.60. The Labute approximate surface area is 153 Å². The van der Waals surface area contributed by atoms with E-state index in [1.807, 2.05) is 24.3 Å². The molecule has 0 atom stereocenters. The van der Waals surface area contributed by atoms with Gasteiger partial charge in [-0.25, -0.2) is 0 Å². The first-order valence-electron chi connectivity index (χ1n) is 8.10. The van der Waals surface area contributed by atoms with Crippen molar-refractivity contribution < 1.29 is 9.53 Å². The molecule has 0 saturated carbocycles. The number of rotatable bonds is 7. The van der Waals surface area contributed by atoms with Crippen LogP contribution in [-0.4, -0.2) is 43.1 Å². The van der Waals surface area contributed by atoms with Crippen molar-refractivity contribution in [3.8, 4) is 5.75 Å². The molecule has 4 nitrogen and oxygen atoms in total. The Morgan fingerprint density at radius 2 is 2.04 bits per heavy atom. The summed E-state index contributed by atoms with van der Waals surface area (Å²) in [7, 11) is 0. The van der Waals surface area contributed by atoms with Crippen LogP contribution in [0, 0.1) is 0 Å². The second-order valence-electron chi connectivity index (χ2n) is 5.60. The van der Waals surface area contributed by atoms with E-state index in [-0.39, 0.29) is 18.3 Å². The lowest BCUT2D eigenvalue weighted by Gasteiger charge is -2.34. The molecule has 0 unspecified atom stereocenters. The van der Waals surface area contributed by atoms with E-state index in [2.05, 4.69) is 33.1 Å². The summed E-state index contributed by atoms with van der Waals surface area (Å²) in [6, 6.07) is 8.11. The number of amides is 1. The maximum Gasteiger partial charge on any atom is 0.226 e. The summed E-state index contributed by atoms with van der Waals surface area (Å²) in [4.78, 5) is 14.6. The van der Waals surface area contributed by atoms with Gasteiger partial charge in [-0.15, -0.1) is 12.4 Å². The third-order valence-corrected chi connectivity index (χ3v) is 4.60. The largest absolute Gasteiger partial charge is 0.492 e. The molecule has 1 saturated heterocycles. The Morgan fingerprint density at radius 3 is 2.70 bits per heavy atom. The Balaban J connectivity index is 0.00000264. The number of nitrogens with one attached hydrogen (secondary N) is 1. The minimum Gasteiger partial charge on any atom is -0.492 e. The second kappa shape index (κ2) is 10.9. The van der Waals surface area contributed by atoms with Crippen molar-refractivity contribution in [2.24, 2.45) is 0 Å². The average Bonchev–Trinajstić information content (AvgIpc) is 2.55. The molecule has 1 amide bonds. The molecule has 23 heavy (non-hydrogen) atoms. The number of carbonyl (C=O) groups is 1. The van der Waals surface area contributed by atoms with E-state index in [0.29, 0.717) is 19.1 Å². The summed E-state index contributed by atoms with van der Waals surface area (Å²) in [5, 5.41) is 3.35. The summed E-state index contributed by atoms with van der Waals surface area (Å²) >= 11 is 3.45. The molecule has 2 rings (SSSR count). The highest BCUT2D eigenvalue weighted by atomic mass is 79.9. The van der Waals surface area contributed by atoms with Gasteiger partial charge in [0.2, 0.25) is 5.91 Å². The number of hydrogen-bond acceptors (Lipinski definition) is 3. The zero-order chi connectivity index (χ0) is 15.8. The normalized spacial score (nSPS) is 14.9. The molecule has 0 aliphatic carbocycles. The molecular formula is C17H26BrClN2O2. The topological polar surface area (TPSA) is 41.6 Å². The Bertz CT molecular complexity index is 481. The highest BCUT2D eigenvalue weighted by molar-refractivity contribution is 9.10. The van der Waals surface area contributed by atoms with Crippen molar-refractivity contribution in [3.05, 3.63) is 28.7 Å². The number of hydrogen-bond donors (Lipinski definition) is 1. The molecule has 6 heteroatoms. The highest BCUT2D eigenvalue weighted by Crippen LogP contribution is 2.24. The SMILES string of the molecule is CCCN(C(=O)CCOc1ccccc1Br)C1CCNCC1.Cl. The minimum atomic E-state index is 0. The molecule has 1 aliphatic rings.